The summed E-state index contributed by atoms with van der Waals surface area (Å²) in [5.41, 5.74) is 2.58. The Labute approximate surface area is 193 Å². The summed E-state index contributed by atoms with van der Waals surface area (Å²) in [5.74, 6) is 1.14. The molecule has 1 atom stereocenters. The summed E-state index contributed by atoms with van der Waals surface area (Å²) in [7, 11) is 0. The van der Waals surface area contributed by atoms with E-state index in [1.165, 1.54) is 11.8 Å². The maximum absolute atomic E-state index is 13.0. The van der Waals surface area contributed by atoms with E-state index in [0.29, 0.717) is 11.3 Å². The Morgan fingerprint density at radius 1 is 1.03 bits per heavy atom. The van der Waals surface area contributed by atoms with Gasteiger partial charge in [-0.15, -0.1) is 16.9 Å². The number of amides is 1. The predicted octanol–water partition coefficient (Wildman–Crippen LogP) is 5.21. The van der Waals surface area contributed by atoms with Crippen LogP contribution in [0.3, 0.4) is 0 Å². The van der Waals surface area contributed by atoms with E-state index in [4.69, 9.17) is 0 Å². The van der Waals surface area contributed by atoms with Crippen LogP contribution in [0.15, 0.2) is 88.2 Å². The first-order valence-corrected chi connectivity index (χ1v) is 11.5. The van der Waals surface area contributed by atoms with Crippen LogP contribution in [-0.2, 0) is 5.75 Å². The first-order valence-electron chi connectivity index (χ1n) is 9.72. The van der Waals surface area contributed by atoms with E-state index >= 15 is 0 Å². The van der Waals surface area contributed by atoms with Crippen LogP contribution in [0.5, 0.6) is 0 Å². The number of halogens is 1. The molecule has 1 amide bonds. The minimum atomic E-state index is -0.110. The van der Waals surface area contributed by atoms with Crippen molar-refractivity contribution in [3.05, 3.63) is 100 Å². The molecule has 0 bridgehead atoms. The van der Waals surface area contributed by atoms with Gasteiger partial charge in [0.05, 0.1) is 23.0 Å². The van der Waals surface area contributed by atoms with Crippen molar-refractivity contribution in [2.45, 2.75) is 23.6 Å². The number of carbonyl (C=O) groups is 1. The van der Waals surface area contributed by atoms with Gasteiger partial charge in [-0.25, -0.2) is 0 Å². The largest absolute Gasteiger partial charge is 0.345 e. The van der Waals surface area contributed by atoms with E-state index in [9.17, 15) is 4.79 Å². The summed E-state index contributed by atoms with van der Waals surface area (Å²) >= 11 is 4.98. The fourth-order valence-corrected chi connectivity index (χ4v) is 4.32. The van der Waals surface area contributed by atoms with Gasteiger partial charge in [-0.05, 0) is 59.3 Å². The van der Waals surface area contributed by atoms with Gasteiger partial charge in [-0.1, -0.05) is 58.4 Å². The molecule has 8 heteroatoms. The van der Waals surface area contributed by atoms with Crippen molar-refractivity contribution in [3.63, 3.8) is 0 Å². The SMILES string of the molecule is CC(NC(=O)c1ccccc1SCc1nnnn1-c1ccccc1)c1ccc(Br)cc1. The maximum atomic E-state index is 13.0. The molecule has 0 saturated carbocycles. The van der Waals surface area contributed by atoms with Crippen LogP contribution >= 0.6 is 27.7 Å². The summed E-state index contributed by atoms with van der Waals surface area (Å²) in [4.78, 5) is 13.9. The molecular weight excluding hydrogens is 474 g/mol. The van der Waals surface area contributed by atoms with Crippen molar-refractivity contribution < 1.29 is 4.79 Å². The summed E-state index contributed by atoms with van der Waals surface area (Å²) in [6, 6.07) is 25.2. The first kappa shape index (κ1) is 21.3. The van der Waals surface area contributed by atoms with Crippen molar-refractivity contribution in [2.24, 2.45) is 0 Å². The number of benzene rings is 3. The van der Waals surface area contributed by atoms with Crippen molar-refractivity contribution in [3.8, 4) is 5.69 Å². The Hall–Kier alpha value is -2.97. The molecule has 1 heterocycles. The maximum Gasteiger partial charge on any atom is 0.252 e. The fourth-order valence-electron chi connectivity index (χ4n) is 3.10. The van der Waals surface area contributed by atoms with Crippen LogP contribution < -0.4 is 5.32 Å². The van der Waals surface area contributed by atoms with Crippen LogP contribution in [0.4, 0.5) is 0 Å². The molecule has 4 aromatic rings. The van der Waals surface area contributed by atoms with Crippen molar-refractivity contribution >= 4 is 33.6 Å². The van der Waals surface area contributed by atoms with Gasteiger partial charge in [0.2, 0.25) is 0 Å². The Balaban J connectivity index is 1.47. The molecule has 0 fully saturated rings. The van der Waals surface area contributed by atoms with Gasteiger partial charge < -0.3 is 5.32 Å². The van der Waals surface area contributed by atoms with E-state index in [-0.39, 0.29) is 11.9 Å². The lowest BCUT2D eigenvalue weighted by molar-refractivity contribution is 0.0937. The normalized spacial score (nSPS) is 11.8. The second-order valence-corrected chi connectivity index (χ2v) is 8.81. The van der Waals surface area contributed by atoms with E-state index in [2.05, 4.69) is 36.8 Å². The number of hydrogen-bond donors (Lipinski definition) is 1. The molecule has 1 aromatic heterocycles. The molecule has 1 unspecified atom stereocenters. The molecule has 0 radical (unpaired) electrons. The lowest BCUT2D eigenvalue weighted by Crippen LogP contribution is -2.27. The number of aromatic nitrogens is 4. The molecule has 156 valence electrons. The molecule has 31 heavy (non-hydrogen) atoms. The van der Waals surface area contributed by atoms with Crippen LogP contribution in [-0.4, -0.2) is 26.1 Å². The Bertz CT molecular complexity index is 1160. The number of para-hydroxylation sites is 1. The third-order valence-corrected chi connectivity index (χ3v) is 6.34. The highest BCUT2D eigenvalue weighted by molar-refractivity contribution is 9.10. The highest BCUT2D eigenvalue weighted by atomic mass is 79.9. The van der Waals surface area contributed by atoms with Crippen LogP contribution in [0, 0.1) is 0 Å². The van der Waals surface area contributed by atoms with Gasteiger partial charge in [0, 0.05) is 9.37 Å². The average Bonchev–Trinajstić information content (AvgIpc) is 3.27. The molecule has 0 aliphatic rings. The topological polar surface area (TPSA) is 72.7 Å². The van der Waals surface area contributed by atoms with Gasteiger partial charge in [-0.2, -0.15) is 4.68 Å². The van der Waals surface area contributed by atoms with Crippen LogP contribution in [0.2, 0.25) is 0 Å². The smallest absolute Gasteiger partial charge is 0.252 e. The van der Waals surface area contributed by atoms with Crippen molar-refractivity contribution in [1.29, 1.82) is 0 Å². The molecule has 0 aliphatic carbocycles. The lowest BCUT2D eigenvalue weighted by Gasteiger charge is -2.16. The molecule has 0 saturated heterocycles. The lowest BCUT2D eigenvalue weighted by atomic mass is 10.1. The molecule has 1 N–H and O–H groups in total. The van der Waals surface area contributed by atoms with Crippen molar-refractivity contribution in [2.75, 3.05) is 0 Å². The van der Waals surface area contributed by atoms with Gasteiger partial charge in [0.1, 0.15) is 0 Å². The minimum Gasteiger partial charge on any atom is -0.345 e. The Kier molecular flexibility index (Phi) is 6.79. The van der Waals surface area contributed by atoms with Crippen LogP contribution in [0.1, 0.15) is 34.7 Å². The summed E-state index contributed by atoms with van der Waals surface area (Å²) in [6.07, 6.45) is 0. The number of thioether (sulfide) groups is 1. The fraction of sp³-hybridized carbons (Fsp3) is 0.130. The monoisotopic (exact) mass is 493 g/mol. The summed E-state index contributed by atoms with van der Waals surface area (Å²) < 4.78 is 2.72. The Morgan fingerprint density at radius 3 is 2.52 bits per heavy atom. The number of tetrazole rings is 1. The Morgan fingerprint density at radius 2 is 1.74 bits per heavy atom. The standard InChI is InChI=1S/C23H20BrN5OS/c1-16(17-11-13-18(24)14-12-17)25-23(30)20-9-5-6-10-21(20)31-15-22-26-27-28-29(22)19-7-3-2-4-8-19/h2-14,16H,15H2,1H3,(H,25,30). The van der Waals surface area contributed by atoms with Gasteiger partial charge >= 0.3 is 0 Å². The molecular formula is C23H20BrN5OS. The molecule has 0 aliphatic heterocycles. The number of rotatable bonds is 7. The van der Waals surface area contributed by atoms with Crippen LogP contribution in [0.25, 0.3) is 5.69 Å². The number of nitrogens with one attached hydrogen (secondary N) is 1. The summed E-state index contributed by atoms with van der Waals surface area (Å²) in [6.45, 7) is 1.98. The molecule has 3 aromatic carbocycles. The average molecular weight is 494 g/mol. The van der Waals surface area contributed by atoms with Crippen molar-refractivity contribution in [1.82, 2.24) is 25.5 Å². The second kappa shape index (κ2) is 9.89. The zero-order valence-electron chi connectivity index (χ0n) is 16.8. The summed E-state index contributed by atoms with van der Waals surface area (Å²) in [5, 5.41) is 15.2. The molecule has 4 rings (SSSR count). The number of nitrogens with zero attached hydrogens (tertiary/aromatic N) is 4. The predicted molar refractivity (Wildman–Crippen MR) is 125 cm³/mol. The van der Waals surface area contributed by atoms with Gasteiger partial charge in [0.15, 0.2) is 5.82 Å². The van der Waals surface area contributed by atoms with E-state index in [0.717, 1.165) is 26.4 Å². The highest BCUT2D eigenvalue weighted by Crippen LogP contribution is 2.27. The quantitative estimate of drug-likeness (QED) is 0.357. The van der Waals surface area contributed by atoms with E-state index in [1.807, 2.05) is 85.8 Å². The molecule has 6 nitrogen and oxygen atoms in total. The number of carbonyl (C=O) groups excluding carboxylic acids is 1. The zero-order valence-corrected chi connectivity index (χ0v) is 19.2. The highest BCUT2D eigenvalue weighted by Gasteiger charge is 2.16. The third-order valence-electron chi connectivity index (χ3n) is 4.74. The van der Waals surface area contributed by atoms with Gasteiger partial charge in [-0.3, -0.25) is 4.79 Å². The minimum absolute atomic E-state index is 0.107. The zero-order chi connectivity index (χ0) is 21.6. The first-order chi connectivity index (χ1) is 15.1. The van der Waals surface area contributed by atoms with E-state index in [1.54, 1.807) is 4.68 Å². The van der Waals surface area contributed by atoms with Gasteiger partial charge in [0.25, 0.3) is 5.91 Å². The third kappa shape index (κ3) is 5.21. The number of hydrogen-bond acceptors (Lipinski definition) is 5. The second-order valence-electron chi connectivity index (χ2n) is 6.87. The molecule has 0 spiro atoms. The van der Waals surface area contributed by atoms with E-state index < -0.39 is 0 Å².